The Morgan fingerprint density at radius 3 is 2.75 bits per heavy atom. The SMILES string of the molecule is CCN(CC(=O)O)C1CC(NS(=O)(=O)c2cccs2)C1. The largest absolute Gasteiger partial charge is 0.480 e. The summed E-state index contributed by atoms with van der Waals surface area (Å²) in [4.78, 5) is 12.6. The topological polar surface area (TPSA) is 86.7 Å². The van der Waals surface area contributed by atoms with E-state index >= 15 is 0 Å². The van der Waals surface area contributed by atoms with Crippen LogP contribution in [0.2, 0.25) is 0 Å². The highest BCUT2D eigenvalue weighted by Gasteiger charge is 2.36. The van der Waals surface area contributed by atoms with Crippen molar-refractivity contribution < 1.29 is 18.3 Å². The fraction of sp³-hybridized carbons (Fsp3) is 0.583. The van der Waals surface area contributed by atoms with Crippen LogP contribution in [0, 0.1) is 0 Å². The second-order valence-electron chi connectivity index (χ2n) is 4.83. The van der Waals surface area contributed by atoms with Gasteiger partial charge in [-0.05, 0) is 30.8 Å². The summed E-state index contributed by atoms with van der Waals surface area (Å²) in [5.74, 6) is -0.852. The van der Waals surface area contributed by atoms with Gasteiger partial charge >= 0.3 is 5.97 Å². The summed E-state index contributed by atoms with van der Waals surface area (Å²) >= 11 is 1.19. The van der Waals surface area contributed by atoms with Crippen LogP contribution in [0.15, 0.2) is 21.7 Å². The van der Waals surface area contributed by atoms with Crippen LogP contribution < -0.4 is 4.72 Å². The van der Waals surface area contributed by atoms with Crippen molar-refractivity contribution in [2.75, 3.05) is 13.1 Å². The van der Waals surface area contributed by atoms with Gasteiger partial charge in [0.25, 0.3) is 0 Å². The molecule has 0 unspecified atom stereocenters. The highest BCUT2D eigenvalue weighted by Crippen LogP contribution is 2.27. The van der Waals surface area contributed by atoms with Crippen molar-refractivity contribution in [2.24, 2.45) is 0 Å². The summed E-state index contributed by atoms with van der Waals surface area (Å²) < 4.78 is 27.0. The van der Waals surface area contributed by atoms with Crippen molar-refractivity contribution in [1.82, 2.24) is 9.62 Å². The van der Waals surface area contributed by atoms with Gasteiger partial charge in [0.05, 0.1) is 6.54 Å². The average molecular weight is 318 g/mol. The maximum atomic E-state index is 12.0. The van der Waals surface area contributed by atoms with Crippen LogP contribution in [0.3, 0.4) is 0 Å². The fourth-order valence-electron chi connectivity index (χ4n) is 2.35. The van der Waals surface area contributed by atoms with E-state index < -0.39 is 16.0 Å². The van der Waals surface area contributed by atoms with Crippen LogP contribution in [0.5, 0.6) is 0 Å². The van der Waals surface area contributed by atoms with Crippen molar-refractivity contribution in [3.05, 3.63) is 17.5 Å². The molecular formula is C12H18N2O4S2. The Morgan fingerprint density at radius 1 is 1.55 bits per heavy atom. The summed E-state index contributed by atoms with van der Waals surface area (Å²) in [7, 11) is -3.42. The number of aliphatic carboxylic acids is 1. The van der Waals surface area contributed by atoms with E-state index in [-0.39, 0.29) is 18.6 Å². The number of rotatable bonds is 7. The lowest BCUT2D eigenvalue weighted by molar-refractivity contribution is -0.139. The van der Waals surface area contributed by atoms with Gasteiger partial charge in [0.15, 0.2) is 0 Å². The molecule has 1 aliphatic carbocycles. The summed E-state index contributed by atoms with van der Waals surface area (Å²) in [6.07, 6.45) is 1.32. The van der Waals surface area contributed by atoms with Crippen LogP contribution in [0.1, 0.15) is 19.8 Å². The predicted octanol–water partition coefficient (Wildman–Crippen LogP) is 0.964. The molecule has 0 radical (unpaired) electrons. The molecule has 0 saturated heterocycles. The Labute approximate surface area is 122 Å². The maximum Gasteiger partial charge on any atom is 0.317 e. The van der Waals surface area contributed by atoms with Crippen molar-refractivity contribution in [3.63, 3.8) is 0 Å². The van der Waals surface area contributed by atoms with Crippen LogP contribution in [-0.4, -0.2) is 49.6 Å². The van der Waals surface area contributed by atoms with E-state index in [1.54, 1.807) is 17.5 Å². The second kappa shape index (κ2) is 6.21. The van der Waals surface area contributed by atoms with Gasteiger partial charge in [-0.2, -0.15) is 0 Å². The van der Waals surface area contributed by atoms with E-state index in [1.807, 2.05) is 11.8 Å². The third-order valence-electron chi connectivity index (χ3n) is 3.46. The normalized spacial score (nSPS) is 22.7. The minimum Gasteiger partial charge on any atom is -0.480 e. The van der Waals surface area contributed by atoms with Crippen LogP contribution >= 0.6 is 11.3 Å². The second-order valence-corrected chi connectivity index (χ2v) is 7.72. The highest BCUT2D eigenvalue weighted by molar-refractivity contribution is 7.91. The van der Waals surface area contributed by atoms with E-state index in [2.05, 4.69) is 4.72 Å². The summed E-state index contributed by atoms with van der Waals surface area (Å²) in [5.41, 5.74) is 0. The Hall–Kier alpha value is -0.960. The molecule has 0 aliphatic heterocycles. The smallest absolute Gasteiger partial charge is 0.317 e. The molecule has 112 valence electrons. The van der Waals surface area contributed by atoms with Gasteiger partial charge in [0.2, 0.25) is 10.0 Å². The first-order valence-electron chi connectivity index (χ1n) is 6.44. The molecule has 6 nitrogen and oxygen atoms in total. The zero-order chi connectivity index (χ0) is 14.8. The first-order chi connectivity index (χ1) is 9.42. The van der Waals surface area contributed by atoms with E-state index in [4.69, 9.17) is 5.11 Å². The number of hydrogen-bond donors (Lipinski definition) is 2. The zero-order valence-electron chi connectivity index (χ0n) is 11.2. The van der Waals surface area contributed by atoms with Crippen LogP contribution in [0.25, 0.3) is 0 Å². The zero-order valence-corrected chi connectivity index (χ0v) is 12.8. The van der Waals surface area contributed by atoms with Gasteiger partial charge in [-0.3, -0.25) is 9.69 Å². The molecule has 1 fully saturated rings. The van der Waals surface area contributed by atoms with Gasteiger partial charge in [-0.15, -0.1) is 11.3 Å². The molecule has 0 bridgehead atoms. The molecule has 1 saturated carbocycles. The lowest BCUT2D eigenvalue weighted by Gasteiger charge is -2.41. The highest BCUT2D eigenvalue weighted by atomic mass is 32.2. The van der Waals surface area contributed by atoms with Crippen molar-refractivity contribution in [1.29, 1.82) is 0 Å². The summed E-state index contributed by atoms with van der Waals surface area (Å²) in [6.45, 7) is 2.57. The van der Waals surface area contributed by atoms with Crippen LogP contribution in [0.4, 0.5) is 0 Å². The minimum atomic E-state index is -3.42. The average Bonchev–Trinajstić information content (AvgIpc) is 2.85. The van der Waals surface area contributed by atoms with E-state index in [0.717, 1.165) is 0 Å². The van der Waals surface area contributed by atoms with Gasteiger partial charge in [0.1, 0.15) is 4.21 Å². The molecule has 0 amide bonds. The number of nitrogens with one attached hydrogen (secondary N) is 1. The van der Waals surface area contributed by atoms with Gasteiger partial charge in [0, 0.05) is 12.1 Å². The fourth-order valence-corrected chi connectivity index (χ4v) is 4.62. The molecule has 1 aromatic heterocycles. The number of hydrogen-bond acceptors (Lipinski definition) is 5. The minimum absolute atomic E-state index is 0.00552. The van der Waals surface area contributed by atoms with Gasteiger partial charge in [-0.25, -0.2) is 13.1 Å². The van der Waals surface area contributed by atoms with Crippen molar-refractivity contribution >= 4 is 27.3 Å². The molecule has 2 rings (SSSR count). The van der Waals surface area contributed by atoms with Crippen LogP contribution in [-0.2, 0) is 14.8 Å². The van der Waals surface area contributed by atoms with E-state index in [0.29, 0.717) is 23.6 Å². The number of carbonyl (C=O) groups is 1. The molecule has 0 spiro atoms. The lowest BCUT2D eigenvalue weighted by Crippen LogP contribution is -2.54. The first kappa shape index (κ1) is 15.4. The first-order valence-corrected chi connectivity index (χ1v) is 8.80. The number of nitrogens with zero attached hydrogens (tertiary/aromatic N) is 1. The predicted molar refractivity (Wildman–Crippen MR) is 76.3 cm³/mol. The van der Waals surface area contributed by atoms with Crippen molar-refractivity contribution in [2.45, 2.75) is 36.1 Å². The molecule has 1 heterocycles. The maximum absolute atomic E-state index is 12.0. The molecule has 0 atom stereocenters. The van der Waals surface area contributed by atoms with Gasteiger partial charge in [-0.1, -0.05) is 13.0 Å². The Bertz CT molecular complexity index is 550. The lowest BCUT2D eigenvalue weighted by atomic mass is 9.86. The number of carboxylic acids is 1. The number of likely N-dealkylation sites (N-methyl/N-ethyl adjacent to an activating group) is 1. The number of thiophene rings is 1. The third kappa shape index (κ3) is 3.57. The van der Waals surface area contributed by atoms with Crippen molar-refractivity contribution in [3.8, 4) is 0 Å². The Kier molecular flexibility index (Phi) is 4.79. The molecule has 20 heavy (non-hydrogen) atoms. The standard InChI is InChI=1S/C12H18N2O4S2/c1-2-14(8-11(15)16)10-6-9(7-10)13-20(17,18)12-4-3-5-19-12/h3-5,9-10,13H,2,6-8H2,1H3,(H,15,16). The molecular weight excluding hydrogens is 300 g/mol. The molecule has 2 N–H and O–H groups in total. The van der Waals surface area contributed by atoms with E-state index in [1.165, 1.54) is 11.3 Å². The molecule has 1 aromatic rings. The monoisotopic (exact) mass is 318 g/mol. The molecule has 0 aromatic carbocycles. The summed E-state index contributed by atoms with van der Waals surface area (Å²) in [6, 6.07) is 3.32. The number of carboxylic acid groups (broad SMARTS) is 1. The Morgan fingerprint density at radius 2 is 2.25 bits per heavy atom. The Balaban J connectivity index is 1.86. The quantitative estimate of drug-likeness (QED) is 0.782. The van der Waals surface area contributed by atoms with Gasteiger partial charge < -0.3 is 5.11 Å². The molecule has 8 heteroatoms. The summed E-state index contributed by atoms with van der Waals surface area (Å²) in [5, 5.41) is 10.5. The third-order valence-corrected chi connectivity index (χ3v) is 6.37. The molecule has 1 aliphatic rings. The number of sulfonamides is 1. The van der Waals surface area contributed by atoms with E-state index in [9.17, 15) is 13.2 Å².